The Hall–Kier alpha value is -2.39. The first kappa shape index (κ1) is 18.4. The molecular formula is C17H18N2O5S2. The zero-order chi connectivity index (χ0) is 18.9. The zero-order valence-electron chi connectivity index (χ0n) is 14.0. The third kappa shape index (κ3) is 3.58. The number of hydrogen-bond donors (Lipinski definition) is 2. The van der Waals surface area contributed by atoms with Crippen LogP contribution in [0.4, 0.5) is 5.69 Å². The average Bonchev–Trinajstić information content (AvgIpc) is 3.24. The molecule has 1 aliphatic heterocycles. The molecule has 2 atom stereocenters. The second-order valence-corrected chi connectivity index (χ2v) is 8.95. The first-order chi connectivity index (χ1) is 12.3. The molecular weight excluding hydrogens is 376 g/mol. The van der Waals surface area contributed by atoms with Crippen molar-refractivity contribution in [1.82, 2.24) is 4.90 Å². The van der Waals surface area contributed by atoms with Crippen LogP contribution in [0.5, 0.6) is 0 Å². The molecule has 1 fully saturated rings. The normalized spacial score (nSPS) is 20.1. The number of thiophene rings is 1. The van der Waals surface area contributed by atoms with Gasteiger partial charge in [-0.2, -0.15) is 0 Å². The van der Waals surface area contributed by atoms with E-state index in [1.807, 2.05) is 0 Å². The number of benzene rings is 1. The summed E-state index contributed by atoms with van der Waals surface area (Å²) in [5.74, 6) is -1.80. The van der Waals surface area contributed by atoms with E-state index in [0.717, 1.165) is 11.3 Å². The van der Waals surface area contributed by atoms with Crippen molar-refractivity contribution in [3.63, 3.8) is 0 Å². The van der Waals surface area contributed by atoms with Gasteiger partial charge in [0.1, 0.15) is 4.21 Å². The molecule has 7 nitrogen and oxygen atoms in total. The van der Waals surface area contributed by atoms with Crippen LogP contribution in [0, 0.1) is 5.92 Å². The highest BCUT2D eigenvalue weighted by Gasteiger charge is 2.38. The second-order valence-electron chi connectivity index (χ2n) is 6.09. The van der Waals surface area contributed by atoms with E-state index in [2.05, 4.69) is 4.72 Å². The first-order valence-corrected chi connectivity index (χ1v) is 10.4. The molecule has 0 bridgehead atoms. The smallest absolute Gasteiger partial charge is 0.308 e. The number of sulfonamides is 1. The maximum Gasteiger partial charge on any atom is 0.308 e. The minimum atomic E-state index is -3.70. The molecule has 3 rings (SSSR count). The fraction of sp³-hybridized carbons (Fsp3) is 0.294. The van der Waals surface area contributed by atoms with Crippen LogP contribution in [-0.2, 0) is 14.8 Å². The summed E-state index contributed by atoms with van der Waals surface area (Å²) in [5.41, 5.74) is 0.597. The number of carbonyl (C=O) groups is 2. The van der Waals surface area contributed by atoms with E-state index < -0.39 is 28.0 Å². The number of likely N-dealkylation sites (tertiary alicyclic amines) is 1. The highest BCUT2D eigenvalue weighted by molar-refractivity contribution is 7.94. The van der Waals surface area contributed by atoms with Crippen LogP contribution < -0.4 is 4.72 Å². The molecule has 1 aromatic heterocycles. The Morgan fingerprint density at radius 1 is 1.27 bits per heavy atom. The predicted molar refractivity (Wildman–Crippen MR) is 97.8 cm³/mol. The third-order valence-electron chi connectivity index (χ3n) is 4.45. The lowest BCUT2D eigenvalue weighted by Crippen LogP contribution is -2.37. The molecule has 26 heavy (non-hydrogen) atoms. The molecule has 0 aliphatic carbocycles. The van der Waals surface area contributed by atoms with E-state index in [0.29, 0.717) is 18.5 Å². The highest BCUT2D eigenvalue weighted by atomic mass is 32.2. The molecule has 0 radical (unpaired) electrons. The van der Waals surface area contributed by atoms with Crippen molar-refractivity contribution in [1.29, 1.82) is 0 Å². The molecule has 1 saturated heterocycles. The van der Waals surface area contributed by atoms with Crippen molar-refractivity contribution in [2.45, 2.75) is 23.6 Å². The Morgan fingerprint density at radius 2 is 2.04 bits per heavy atom. The Bertz CT molecular complexity index is 924. The van der Waals surface area contributed by atoms with Crippen molar-refractivity contribution in [2.24, 2.45) is 5.92 Å². The standard InChI is InChI=1S/C17H18N2O5S2/c1-11-14(17(21)22)7-8-19(11)16(20)12-4-2-5-13(10-12)18-26(23,24)15-6-3-9-25-15/h2-6,9-11,14,18H,7-8H2,1H3,(H,21,22). The van der Waals surface area contributed by atoms with Gasteiger partial charge in [-0.05, 0) is 43.0 Å². The summed E-state index contributed by atoms with van der Waals surface area (Å²) in [5, 5.41) is 10.9. The Kier molecular flexibility index (Phi) is 5.01. The lowest BCUT2D eigenvalue weighted by molar-refractivity contribution is -0.142. The van der Waals surface area contributed by atoms with Gasteiger partial charge in [-0.15, -0.1) is 11.3 Å². The number of nitrogens with zero attached hydrogens (tertiary/aromatic N) is 1. The maximum absolute atomic E-state index is 12.7. The van der Waals surface area contributed by atoms with Crippen molar-refractivity contribution in [2.75, 3.05) is 11.3 Å². The molecule has 9 heteroatoms. The summed E-state index contributed by atoms with van der Waals surface area (Å²) < 4.78 is 27.3. The summed E-state index contributed by atoms with van der Waals surface area (Å²) in [6, 6.07) is 8.95. The number of rotatable bonds is 5. The molecule has 2 unspecified atom stereocenters. The maximum atomic E-state index is 12.7. The van der Waals surface area contributed by atoms with Crippen LogP contribution in [0.3, 0.4) is 0 Å². The Labute approximate surface area is 155 Å². The predicted octanol–water partition coefficient (Wildman–Crippen LogP) is 2.48. The topological polar surface area (TPSA) is 104 Å². The second kappa shape index (κ2) is 7.08. The van der Waals surface area contributed by atoms with Gasteiger partial charge < -0.3 is 10.0 Å². The molecule has 1 aliphatic rings. The number of hydrogen-bond acceptors (Lipinski definition) is 5. The molecule has 2 aromatic rings. The number of carbonyl (C=O) groups excluding carboxylic acids is 1. The van der Waals surface area contributed by atoms with E-state index >= 15 is 0 Å². The summed E-state index contributed by atoms with van der Waals surface area (Å²) >= 11 is 1.10. The molecule has 2 N–H and O–H groups in total. The number of nitrogens with one attached hydrogen (secondary N) is 1. The van der Waals surface area contributed by atoms with Crippen molar-refractivity contribution in [3.05, 3.63) is 47.3 Å². The third-order valence-corrected chi connectivity index (χ3v) is 7.23. The van der Waals surface area contributed by atoms with Gasteiger partial charge in [0, 0.05) is 23.8 Å². The van der Waals surface area contributed by atoms with E-state index in [9.17, 15) is 23.1 Å². The summed E-state index contributed by atoms with van der Waals surface area (Å²) in [6.07, 6.45) is 0.410. The van der Waals surface area contributed by atoms with Crippen LogP contribution >= 0.6 is 11.3 Å². The van der Waals surface area contributed by atoms with Crippen LogP contribution in [0.2, 0.25) is 0 Å². The molecule has 1 amide bonds. The molecule has 0 saturated carbocycles. The van der Waals surface area contributed by atoms with Crippen LogP contribution in [0.25, 0.3) is 0 Å². The van der Waals surface area contributed by atoms with Gasteiger partial charge in [0.15, 0.2) is 0 Å². The largest absolute Gasteiger partial charge is 0.481 e. The van der Waals surface area contributed by atoms with Crippen molar-refractivity contribution in [3.8, 4) is 0 Å². The van der Waals surface area contributed by atoms with Crippen LogP contribution in [-0.4, -0.2) is 42.9 Å². The minimum absolute atomic E-state index is 0.187. The summed E-state index contributed by atoms with van der Waals surface area (Å²) in [7, 11) is -3.70. The average molecular weight is 394 g/mol. The van der Waals surface area contributed by atoms with Gasteiger partial charge in [0.05, 0.1) is 5.92 Å². The SMILES string of the molecule is CC1C(C(=O)O)CCN1C(=O)c1cccc(NS(=O)(=O)c2cccs2)c1. The lowest BCUT2D eigenvalue weighted by atomic mass is 10.0. The zero-order valence-corrected chi connectivity index (χ0v) is 15.6. The summed E-state index contributed by atoms with van der Waals surface area (Å²) in [6.45, 7) is 2.08. The van der Waals surface area contributed by atoms with Crippen molar-refractivity contribution >= 4 is 38.9 Å². The fourth-order valence-electron chi connectivity index (χ4n) is 3.06. The van der Waals surface area contributed by atoms with Gasteiger partial charge in [-0.1, -0.05) is 12.1 Å². The van der Waals surface area contributed by atoms with Gasteiger partial charge >= 0.3 is 5.97 Å². The first-order valence-electron chi connectivity index (χ1n) is 8.00. The number of anilines is 1. The number of aliphatic carboxylic acids is 1. The number of amides is 1. The lowest BCUT2D eigenvalue weighted by Gasteiger charge is -2.23. The van der Waals surface area contributed by atoms with Gasteiger partial charge in [0.25, 0.3) is 15.9 Å². The van der Waals surface area contributed by atoms with Gasteiger partial charge in [0.2, 0.25) is 0 Å². The molecule has 1 aromatic carbocycles. The number of carboxylic acids is 1. The molecule has 2 heterocycles. The highest BCUT2D eigenvalue weighted by Crippen LogP contribution is 2.27. The fourth-order valence-corrected chi connectivity index (χ4v) is 5.10. The van der Waals surface area contributed by atoms with Crippen molar-refractivity contribution < 1.29 is 23.1 Å². The van der Waals surface area contributed by atoms with E-state index in [4.69, 9.17) is 0 Å². The monoisotopic (exact) mass is 394 g/mol. The van der Waals surface area contributed by atoms with Gasteiger partial charge in [-0.25, -0.2) is 8.42 Å². The van der Waals surface area contributed by atoms with E-state index in [1.165, 1.54) is 17.0 Å². The Balaban J connectivity index is 1.79. The van der Waals surface area contributed by atoms with Crippen LogP contribution in [0.15, 0.2) is 46.0 Å². The van der Waals surface area contributed by atoms with E-state index in [1.54, 1.807) is 36.6 Å². The summed E-state index contributed by atoms with van der Waals surface area (Å²) in [4.78, 5) is 25.5. The quantitative estimate of drug-likeness (QED) is 0.811. The molecule has 0 spiro atoms. The minimum Gasteiger partial charge on any atom is -0.481 e. The number of carboxylic acid groups (broad SMARTS) is 1. The molecule has 138 valence electrons. The van der Waals surface area contributed by atoms with E-state index in [-0.39, 0.29) is 15.8 Å². The van der Waals surface area contributed by atoms with Crippen LogP contribution in [0.1, 0.15) is 23.7 Å². The Morgan fingerprint density at radius 3 is 2.65 bits per heavy atom. The van der Waals surface area contributed by atoms with Gasteiger partial charge in [-0.3, -0.25) is 14.3 Å².